The molecule has 0 aliphatic rings. The first kappa shape index (κ1) is 34.0. The van der Waals surface area contributed by atoms with E-state index in [9.17, 15) is 0 Å². The van der Waals surface area contributed by atoms with Gasteiger partial charge in [0.2, 0.25) is 0 Å². The van der Waals surface area contributed by atoms with Crippen LogP contribution in [-0.4, -0.2) is 9.13 Å². The maximum Gasteiger partial charge on any atom is 0.0547 e. The number of benzene rings is 6. The number of rotatable bonds is 14. The van der Waals surface area contributed by atoms with Crippen LogP contribution in [0.5, 0.6) is 0 Å². The highest BCUT2D eigenvalue weighted by Gasteiger charge is 2.34. The second kappa shape index (κ2) is 14.9. The summed E-state index contributed by atoms with van der Waals surface area (Å²) in [6.45, 7) is 7.27. The van der Waals surface area contributed by atoms with Crippen molar-refractivity contribution in [2.75, 3.05) is 0 Å². The summed E-state index contributed by atoms with van der Waals surface area (Å²) >= 11 is 0. The average Bonchev–Trinajstić information content (AvgIpc) is 3.71. The van der Waals surface area contributed by atoms with Gasteiger partial charge in [0.25, 0.3) is 0 Å². The topological polar surface area (TPSA) is 9.86 Å². The average molecular weight is 681 g/mol. The minimum Gasteiger partial charge on any atom is -0.309 e. The monoisotopic (exact) mass is 680 g/mol. The maximum absolute atomic E-state index is 2.62. The first-order valence-corrected chi connectivity index (χ1v) is 19.8. The zero-order chi connectivity index (χ0) is 35.5. The van der Waals surface area contributed by atoms with Gasteiger partial charge in [0, 0.05) is 27.2 Å². The number of aromatic nitrogens is 2. The lowest BCUT2D eigenvalue weighted by molar-refractivity contribution is 0.366. The highest BCUT2D eigenvalue weighted by atomic mass is 15.0. The van der Waals surface area contributed by atoms with E-state index in [2.05, 4.69) is 169 Å². The van der Waals surface area contributed by atoms with Crippen molar-refractivity contribution >= 4 is 43.6 Å². The van der Waals surface area contributed by atoms with Crippen molar-refractivity contribution in [1.29, 1.82) is 0 Å². The predicted molar refractivity (Wildman–Crippen MR) is 225 cm³/mol. The summed E-state index contributed by atoms with van der Waals surface area (Å²) in [6, 6.07) is 52.0. The smallest absolute Gasteiger partial charge is 0.0547 e. The van der Waals surface area contributed by atoms with E-state index in [1.54, 1.807) is 0 Å². The SMILES string of the molecule is CCCCCCC(C)(CCCCCC)c1c(-n2c3ccccc3c3ccccc32)ccc2c1c1c(-c3ccccc3)cccc1n2-c1ccccc1. The van der Waals surface area contributed by atoms with Crippen molar-refractivity contribution in [1.82, 2.24) is 9.13 Å². The van der Waals surface area contributed by atoms with E-state index in [1.807, 2.05) is 0 Å². The van der Waals surface area contributed by atoms with Crippen LogP contribution in [0.4, 0.5) is 0 Å². The fourth-order valence-electron chi connectivity index (χ4n) is 9.09. The van der Waals surface area contributed by atoms with Crippen LogP contribution in [0.2, 0.25) is 0 Å². The molecular formula is C50H52N2. The zero-order valence-electron chi connectivity index (χ0n) is 31.2. The fourth-order valence-corrected chi connectivity index (χ4v) is 9.09. The summed E-state index contributed by atoms with van der Waals surface area (Å²) in [4.78, 5) is 0. The van der Waals surface area contributed by atoms with E-state index in [0.717, 1.165) is 0 Å². The molecule has 0 bridgehead atoms. The summed E-state index contributed by atoms with van der Waals surface area (Å²) in [5, 5.41) is 5.39. The highest BCUT2D eigenvalue weighted by molar-refractivity contribution is 6.18. The Morgan fingerprint density at radius 3 is 1.60 bits per heavy atom. The van der Waals surface area contributed by atoms with Gasteiger partial charge in [0.05, 0.1) is 27.8 Å². The number of nitrogens with zero attached hydrogens (tertiary/aromatic N) is 2. The molecule has 0 fully saturated rings. The third kappa shape index (κ3) is 6.03. The quantitative estimate of drug-likeness (QED) is 0.101. The van der Waals surface area contributed by atoms with Gasteiger partial charge in [-0.05, 0) is 77.4 Å². The molecule has 0 atom stereocenters. The molecule has 0 saturated carbocycles. The molecule has 2 aromatic heterocycles. The Morgan fingerprint density at radius 2 is 0.981 bits per heavy atom. The van der Waals surface area contributed by atoms with Gasteiger partial charge < -0.3 is 9.13 Å². The highest BCUT2D eigenvalue weighted by Crippen LogP contribution is 2.49. The molecule has 0 amide bonds. The summed E-state index contributed by atoms with van der Waals surface area (Å²) in [7, 11) is 0. The summed E-state index contributed by atoms with van der Waals surface area (Å²) in [6.07, 6.45) is 12.5. The summed E-state index contributed by atoms with van der Waals surface area (Å²) in [5.74, 6) is 0. The summed E-state index contributed by atoms with van der Waals surface area (Å²) < 4.78 is 5.14. The van der Waals surface area contributed by atoms with Crippen LogP contribution in [0, 0.1) is 0 Å². The van der Waals surface area contributed by atoms with Gasteiger partial charge in [-0.2, -0.15) is 0 Å². The van der Waals surface area contributed by atoms with Crippen LogP contribution >= 0.6 is 0 Å². The minimum atomic E-state index is -0.0393. The molecule has 262 valence electrons. The molecule has 0 saturated heterocycles. The zero-order valence-corrected chi connectivity index (χ0v) is 31.2. The Balaban J connectivity index is 1.55. The van der Waals surface area contributed by atoms with Crippen molar-refractivity contribution in [2.45, 2.75) is 90.4 Å². The standard InChI is InChI=1S/C50H52N2/c1-4-6-8-20-35-50(3,36-21-9-7-5-2)49-46(52-42-30-18-16-27-40(42)41-28-17-19-31-43(41)52)34-33-45-48(49)47-39(37-23-12-10-13-24-37)29-22-32-44(47)51(45)38-25-14-11-15-26-38/h10-19,22-34H,4-9,20-21,35-36H2,1-3H3. The molecular weight excluding hydrogens is 629 g/mol. The predicted octanol–water partition coefficient (Wildman–Crippen LogP) is 14.7. The third-order valence-electron chi connectivity index (χ3n) is 11.6. The second-order valence-electron chi connectivity index (χ2n) is 15.1. The Morgan fingerprint density at radius 1 is 0.442 bits per heavy atom. The molecule has 0 aliphatic heterocycles. The van der Waals surface area contributed by atoms with E-state index in [4.69, 9.17) is 0 Å². The van der Waals surface area contributed by atoms with Crippen molar-refractivity contribution in [2.24, 2.45) is 0 Å². The molecule has 2 nitrogen and oxygen atoms in total. The van der Waals surface area contributed by atoms with Gasteiger partial charge in [-0.15, -0.1) is 0 Å². The molecule has 0 radical (unpaired) electrons. The van der Waals surface area contributed by atoms with E-state index in [1.165, 1.54) is 136 Å². The van der Waals surface area contributed by atoms with Gasteiger partial charge >= 0.3 is 0 Å². The van der Waals surface area contributed by atoms with Gasteiger partial charge in [-0.25, -0.2) is 0 Å². The van der Waals surface area contributed by atoms with Crippen LogP contribution in [0.1, 0.15) is 90.5 Å². The first-order valence-electron chi connectivity index (χ1n) is 19.8. The van der Waals surface area contributed by atoms with Crippen molar-refractivity contribution in [3.63, 3.8) is 0 Å². The van der Waals surface area contributed by atoms with Gasteiger partial charge in [0.15, 0.2) is 0 Å². The Kier molecular flexibility index (Phi) is 9.74. The molecule has 6 aromatic carbocycles. The lowest BCUT2D eigenvalue weighted by Gasteiger charge is -2.34. The normalized spacial score (nSPS) is 12.1. The number of hydrogen-bond donors (Lipinski definition) is 0. The Labute approximate surface area is 309 Å². The van der Waals surface area contributed by atoms with Gasteiger partial charge in [-0.1, -0.05) is 169 Å². The minimum absolute atomic E-state index is 0.0393. The third-order valence-corrected chi connectivity index (χ3v) is 11.6. The molecule has 52 heavy (non-hydrogen) atoms. The molecule has 0 spiro atoms. The second-order valence-corrected chi connectivity index (χ2v) is 15.1. The van der Waals surface area contributed by atoms with Crippen molar-refractivity contribution in [3.05, 3.63) is 145 Å². The van der Waals surface area contributed by atoms with Gasteiger partial charge in [0.1, 0.15) is 0 Å². The lowest BCUT2D eigenvalue weighted by Crippen LogP contribution is -2.25. The van der Waals surface area contributed by atoms with E-state index in [0.29, 0.717) is 0 Å². The van der Waals surface area contributed by atoms with Crippen molar-refractivity contribution in [3.8, 4) is 22.5 Å². The lowest BCUT2D eigenvalue weighted by atomic mass is 9.71. The molecule has 0 N–H and O–H groups in total. The Bertz CT molecular complexity index is 2380. The largest absolute Gasteiger partial charge is 0.309 e. The number of fused-ring (bicyclic) bond motifs is 6. The molecule has 8 rings (SSSR count). The number of para-hydroxylation sites is 3. The molecule has 2 heteroatoms. The van der Waals surface area contributed by atoms with Crippen LogP contribution in [0.15, 0.2) is 140 Å². The van der Waals surface area contributed by atoms with Crippen LogP contribution in [0.3, 0.4) is 0 Å². The molecule has 8 aromatic rings. The maximum atomic E-state index is 2.62. The summed E-state index contributed by atoms with van der Waals surface area (Å²) in [5.41, 5.74) is 11.7. The van der Waals surface area contributed by atoms with E-state index >= 15 is 0 Å². The first-order chi connectivity index (χ1) is 25.6. The van der Waals surface area contributed by atoms with Crippen molar-refractivity contribution < 1.29 is 0 Å². The molecule has 0 unspecified atom stereocenters. The number of unbranched alkanes of at least 4 members (excludes halogenated alkanes) is 6. The van der Waals surface area contributed by atoms with E-state index in [-0.39, 0.29) is 5.41 Å². The Hall–Kier alpha value is -5.08. The van der Waals surface area contributed by atoms with Gasteiger partial charge in [-0.3, -0.25) is 0 Å². The molecule has 2 heterocycles. The fraction of sp³-hybridized carbons (Fsp3) is 0.280. The van der Waals surface area contributed by atoms with Crippen LogP contribution in [-0.2, 0) is 5.41 Å². The van der Waals surface area contributed by atoms with E-state index < -0.39 is 0 Å². The number of hydrogen-bond acceptors (Lipinski definition) is 0. The van der Waals surface area contributed by atoms with Crippen LogP contribution < -0.4 is 0 Å². The van der Waals surface area contributed by atoms with Crippen LogP contribution in [0.25, 0.3) is 66.1 Å². The molecule has 0 aliphatic carbocycles.